The molecule has 0 spiro atoms. The average molecular weight is 432 g/mol. The Hall–Kier alpha value is -2.34. The molecule has 1 aliphatic carbocycles. The molecule has 1 aromatic heterocycles. The van der Waals surface area contributed by atoms with Gasteiger partial charge in [-0.25, -0.2) is 19.4 Å². The van der Waals surface area contributed by atoms with E-state index in [-0.39, 0.29) is 15.2 Å². The summed E-state index contributed by atoms with van der Waals surface area (Å²) in [5.41, 5.74) is -2.84. The minimum Gasteiger partial charge on any atom is -0.540 e. The van der Waals surface area contributed by atoms with Gasteiger partial charge in [0.1, 0.15) is 15.6 Å². The number of nitrogens with one attached hydrogen (secondary N) is 1. The molecular formula is C15H19BClN3O7S. The molecule has 13 heteroatoms. The van der Waals surface area contributed by atoms with Crippen LogP contribution in [0.1, 0.15) is 45.7 Å². The third kappa shape index (κ3) is 5.13. The maximum absolute atomic E-state index is 11.9. The normalized spacial score (nSPS) is 15.9. The second-order valence-electron chi connectivity index (χ2n) is 6.94. The molecule has 0 radical (unpaired) electrons. The summed E-state index contributed by atoms with van der Waals surface area (Å²) < 4.78 is 9.76. The molecule has 10 nitrogen and oxygen atoms in total. The Bertz CT molecular complexity index is 817. The lowest BCUT2D eigenvalue weighted by atomic mass is 9.80. The summed E-state index contributed by atoms with van der Waals surface area (Å²) in [6.45, 7) is 5.07. The number of anilines is 1. The van der Waals surface area contributed by atoms with Gasteiger partial charge in [0.25, 0.3) is 0 Å². The zero-order valence-corrected chi connectivity index (χ0v) is 17.3. The highest BCUT2D eigenvalue weighted by Crippen LogP contribution is 2.37. The van der Waals surface area contributed by atoms with Crippen molar-refractivity contribution in [3.8, 4) is 0 Å². The number of ether oxygens (including phenoxy) is 1. The van der Waals surface area contributed by atoms with Gasteiger partial charge >= 0.3 is 26.1 Å². The van der Waals surface area contributed by atoms with Crippen LogP contribution in [0.15, 0.2) is 5.16 Å². The smallest absolute Gasteiger partial charge is 0.413 e. The molecule has 1 aliphatic rings. The van der Waals surface area contributed by atoms with Crippen LogP contribution < -0.4 is 5.32 Å². The number of thiazole rings is 1. The van der Waals surface area contributed by atoms with Crippen molar-refractivity contribution in [1.29, 1.82) is 0 Å². The van der Waals surface area contributed by atoms with Gasteiger partial charge in [-0.1, -0.05) is 28.1 Å². The molecule has 0 saturated heterocycles. The van der Waals surface area contributed by atoms with E-state index >= 15 is 0 Å². The maximum atomic E-state index is 11.9. The lowest BCUT2D eigenvalue weighted by Gasteiger charge is -2.36. The molecule has 0 aliphatic heterocycles. The van der Waals surface area contributed by atoms with Crippen molar-refractivity contribution in [1.82, 2.24) is 4.98 Å². The van der Waals surface area contributed by atoms with E-state index in [1.165, 1.54) is 8.05 Å². The number of amides is 1. The van der Waals surface area contributed by atoms with Crippen molar-refractivity contribution in [3.63, 3.8) is 0 Å². The Labute approximate surface area is 170 Å². The Morgan fingerprint density at radius 2 is 2.00 bits per heavy atom. The number of rotatable bonds is 6. The highest BCUT2D eigenvalue weighted by Gasteiger charge is 2.48. The SMILES string of the molecule is BOC(=O)C1(O/N=C(\C(=O)O)c2nc(NC(=O)OC(C)(C)C)sc2Cl)CCC1. The molecular weight excluding hydrogens is 413 g/mol. The predicted octanol–water partition coefficient (Wildman–Crippen LogP) is 1.96. The molecule has 1 aromatic rings. The monoisotopic (exact) mass is 431 g/mol. The number of hydrogen-bond donors (Lipinski definition) is 2. The minimum absolute atomic E-state index is 0.0227. The summed E-state index contributed by atoms with van der Waals surface area (Å²) in [6, 6.07) is 0. The first-order valence-corrected chi connectivity index (χ1v) is 9.41. The molecule has 0 aromatic carbocycles. The second kappa shape index (κ2) is 8.35. The van der Waals surface area contributed by atoms with Crippen molar-refractivity contribution in [3.05, 3.63) is 10.0 Å². The average Bonchev–Trinajstić information content (AvgIpc) is 2.86. The Morgan fingerprint density at radius 1 is 1.36 bits per heavy atom. The minimum atomic E-state index is -1.46. The first-order chi connectivity index (χ1) is 13.0. The lowest BCUT2D eigenvalue weighted by molar-refractivity contribution is -0.175. The van der Waals surface area contributed by atoms with Gasteiger partial charge in [-0.3, -0.25) is 5.32 Å². The maximum Gasteiger partial charge on any atom is 0.413 e. The number of aliphatic carboxylic acids is 1. The predicted molar refractivity (Wildman–Crippen MR) is 103 cm³/mol. The molecule has 0 atom stereocenters. The second-order valence-corrected chi connectivity index (χ2v) is 8.55. The van der Waals surface area contributed by atoms with Gasteiger partial charge < -0.3 is 19.3 Å². The molecule has 2 rings (SSSR count). The first kappa shape index (κ1) is 22.0. The Kier molecular flexibility index (Phi) is 6.55. The largest absolute Gasteiger partial charge is 0.540 e. The fourth-order valence-electron chi connectivity index (χ4n) is 2.23. The number of carbonyl (C=O) groups is 3. The number of carboxylic acids is 1. The molecule has 28 heavy (non-hydrogen) atoms. The summed E-state index contributed by atoms with van der Waals surface area (Å²) in [7, 11) is 1.21. The van der Waals surface area contributed by atoms with E-state index in [2.05, 4.69) is 20.1 Å². The van der Waals surface area contributed by atoms with Crippen molar-refractivity contribution in [2.45, 2.75) is 51.2 Å². The van der Waals surface area contributed by atoms with Crippen molar-refractivity contribution < 1.29 is 33.7 Å². The van der Waals surface area contributed by atoms with Crippen LogP contribution in [0.25, 0.3) is 0 Å². The number of nitrogens with zero attached hydrogens (tertiary/aromatic N) is 2. The van der Waals surface area contributed by atoms with E-state index in [4.69, 9.17) is 21.2 Å². The Balaban J connectivity index is 2.22. The van der Waals surface area contributed by atoms with Crippen molar-refractivity contribution in [2.24, 2.45) is 5.16 Å². The highest BCUT2D eigenvalue weighted by atomic mass is 35.5. The molecule has 0 unspecified atom stereocenters. The van der Waals surface area contributed by atoms with Gasteiger partial charge in [-0.2, -0.15) is 0 Å². The third-order valence-corrected chi connectivity index (χ3v) is 4.82. The standard InChI is InChI=1S/C15H19BClN3O7S/c1-14(2,3)25-13(24)19-12-18-7(9(17)28-12)8(10(21)22)20-27-15(5-4-6-15)11(23)26-16/h4-6,16H2,1-3H3,(H,21,22)(H,18,19,24)/b20-8-. The van der Waals surface area contributed by atoms with Crippen LogP contribution in [0.5, 0.6) is 0 Å². The fourth-order valence-corrected chi connectivity index (χ4v) is 3.26. The molecule has 0 bridgehead atoms. The van der Waals surface area contributed by atoms with Crippen LogP contribution in [0.2, 0.25) is 4.34 Å². The summed E-state index contributed by atoms with van der Waals surface area (Å²) in [5, 5.41) is 15.4. The van der Waals surface area contributed by atoms with Crippen LogP contribution in [0.3, 0.4) is 0 Å². The number of halogens is 1. The van der Waals surface area contributed by atoms with Crippen LogP contribution in [-0.2, 0) is 23.8 Å². The lowest BCUT2D eigenvalue weighted by Crippen LogP contribution is -2.48. The summed E-state index contributed by atoms with van der Waals surface area (Å²) in [4.78, 5) is 44.5. The summed E-state index contributed by atoms with van der Waals surface area (Å²) in [6.07, 6.45) is 0.654. The number of carboxylic acid groups (broad SMARTS) is 1. The number of hydrogen-bond acceptors (Lipinski definition) is 9. The molecule has 1 heterocycles. The van der Waals surface area contributed by atoms with E-state index in [0.717, 1.165) is 11.3 Å². The number of carbonyl (C=O) groups excluding carboxylic acids is 2. The van der Waals surface area contributed by atoms with E-state index in [9.17, 15) is 19.5 Å². The quantitative estimate of drug-likeness (QED) is 0.396. The van der Waals surface area contributed by atoms with E-state index in [1.807, 2.05) is 0 Å². The van der Waals surface area contributed by atoms with Crippen LogP contribution >= 0.6 is 22.9 Å². The van der Waals surface area contributed by atoms with E-state index in [1.54, 1.807) is 20.8 Å². The van der Waals surface area contributed by atoms with Crippen LogP contribution in [-0.4, -0.2) is 53.1 Å². The van der Waals surface area contributed by atoms with E-state index < -0.39 is 34.9 Å². The van der Waals surface area contributed by atoms with Crippen molar-refractivity contribution >= 4 is 59.9 Å². The van der Waals surface area contributed by atoms with Crippen LogP contribution in [0.4, 0.5) is 9.93 Å². The van der Waals surface area contributed by atoms with Gasteiger partial charge in [-0.15, -0.1) is 0 Å². The fraction of sp³-hybridized carbons (Fsp3) is 0.533. The molecule has 1 saturated carbocycles. The zero-order chi connectivity index (χ0) is 21.1. The Morgan fingerprint density at radius 3 is 2.46 bits per heavy atom. The molecule has 1 fully saturated rings. The van der Waals surface area contributed by atoms with Crippen LogP contribution in [0, 0.1) is 0 Å². The number of oxime groups is 1. The number of aromatic nitrogens is 1. The topological polar surface area (TPSA) is 136 Å². The third-order valence-electron chi connectivity index (χ3n) is 3.65. The van der Waals surface area contributed by atoms with Crippen molar-refractivity contribution in [2.75, 3.05) is 5.32 Å². The van der Waals surface area contributed by atoms with Gasteiger partial charge in [-0.05, 0) is 27.2 Å². The molecule has 2 N–H and O–H groups in total. The summed E-state index contributed by atoms with van der Waals surface area (Å²) >= 11 is 6.89. The van der Waals surface area contributed by atoms with Gasteiger partial charge in [0.15, 0.2) is 5.13 Å². The first-order valence-electron chi connectivity index (χ1n) is 8.22. The summed E-state index contributed by atoms with van der Waals surface area (Å²) in [5.74, 6) is -2.10. The molecule has 152 valence electrons. The van der Waals surface area contributed by atoms with E-state index in [0.29, 0.717) is 19.3 Å². The highest BCUT2D eigenvalue weighted by molar-refractivity contribution is 7.20. The molecule has 1 amide bonds. The van der Waals surface area contributed by atoms with Gasteiger partial charge in [0.05, 0.1) is 0 Å². The van der Waals surface area contributed by atoms with Gasteiger partial charge in [0, 0.05) is 12.8 Å². The zero-order valence-electron chi connectivity index (χ0n) is 15.7. The van der Waals surface area contributed by atoms with Gasteiger partial charge in [0.2, 0.25) is 11.3 Å².